The van der Waals surface area contributed by atoms with Crippen LogP contribution in [0.25, 0.3) is 0 Å². The van der Waals surface area contributed by atoms with Crippen LogP contribution in [0.3, 0.4) is 0 Å². The first-order valence-electron chi connectivity index (χ1n) is 6.58. The Morgan fingerprint density at radius 1 is 1.14 bits per heavy atom. The van der Waals surface area contributed by atoms with Gasteiger partial charge in [0.05, 0.1) is 12.3 Å². The van der Waals surface area contributed by atoms with Gasteiger partial charge in [0.2, 0.25) is 5.91 Å². The Labute approximate surface area is 126 Å². The standard InChI is InChI=1S/C16H15FN2O3/c1-10(21)18-15-8-12(5-6-14(15)17)16(22)19-13-4-2-3-11(7-13)9-20/h2-8,20H,9H2,1H3,(H,18,21)(H,19,22). The molecule has 0 aliphatic carbocycles. The lowest BCUT2D eigenvalue weighted by molar-refractivity contribution is -0.114. The van der Waals surface area contributed by atoms with Crippen molar-refractivity contribution in [1.82, 2.24) is 0 Å². The van der Waals surface area contributed by atoms with Crippen molar-refractivity contribution in [2.24, 2.45) is 0 Å². The van der Waals surface area contributed by atoms with Gasteiger partial charge in [-0.2, -0.15) is 0 Å². The number of rotatable bonds is 4. The molecule has 2 amide bonds. The smallest absolute Gasteiger partial charge is 0.255 e. The Hall–Kier alpha value is -2.73. The van der Waals surface area contributed by atoms with Gasteiger partial charge >= 0.3 is 0 Å². The number of hydrogen-bond donors (Lipinski definition) is 3. The molecule has 0 atom stereocenters. The molecule has 5 nitrogen and oxygen atoms in total. The molecule has 2 rings (SSSR count). The van der Waals surface area contributed by atoms with Gasteiger partial charge < -0.3 is 15.7 Å². The SMILES string of the molecule is CC(=O)Nc1cc(C(=O)Nc2cccc(CO)c2)ccc1F. The van der Waals surface area contributed by atoms with E-state index in [1.54, 1.807) is 24.3 Å². The van der Waals surface area contributed by atoms with Gasteiger partial charge in [0.1, 0.15) is 5.82 Å². The largest absolute Gasteiger partial charge is 0.392 e. The zero-order valence-electron chi connectivity index (χ0n) is 11.9. The summed E-state index contributed by atoms with van der Waals surface area (Å²) in [6, 6.07) is 10.4. The van der Waals surface area contributed by atoms with Crippen molar-refractivity contribution in [3.8, 4) is 0 Å². The van der Waals surface area contributed by atoms with E-state index in [0.29, 0.717) is 11.3 Å². The quantitative estimate of drug-likeness (QED) is 0.812. The Bertz CT molecular complexity index is 716. The maximum absolute atomic E-state index is 13.5. The molecule has 22 heavy (non-hydrogen) atoms. The fourth-order valence-electron chi connectivity index (χ4n) is 1.90. The van der Waals surface area contributed by atoms with Crippen LogP contribution < -0.4 is 10.6 Å². The molecule has 6 heteroatoms. The summed E-state index contributed by atoms with van der Waals surface area (Å²) in [7, 11) is 0. The zero-order valence-corrected chi connectivity index (χ0v) is 11.9. The van der Waals surface area contributed by atoms with Crippen molar-refractivity contribution in [3.63, 3.8) is 0 Å². The number of nitrogens with one attached hydrogen (secondary N) is 2. The number of amides is 2. The molecule has 2 aromatic carbocycles. The van der Waals surface area contributed by atoms with E-state index < -0.39 is 17.6 Å². The minimum Gasteiger partial charge on any atom is -0.392 e. The molecular weight excluding hydrogens is 287 g/mol. The Kier molecular flexibility index (Phi) is 4.85. The van der Waals surface area contributed by atoms with Gasteiger partial charge in [0.25, 0.3) is 5.91 Å². The summed E-state index contributed by atoms with van der Waals surface area (Å²) in [5.41, 5.74) is 1.33. The van der Waals surface area contributed by atoms with Gasteiger partial charge in [0, 0.05) is 18.2 Å². The second-order valence-electron chi connectivity index (χ2n) is 4.69. The summed E-state index contributed by atoms with van der Waals surface area (Å²) in [5, 5.41) is 14.0. The molecule has 0 aliphatic heterocycles. The lowest BCUT2D eigenvalue weighted by Gasteiger charge is -2.09. The second kappa shape index (κ2) is 6.82. The van der Waals surface area contributed by atoms with Crippen molar-refractivity contribution in [2.75, 3.05) is 10.6 Å². The number of aliphatic hydroxyl groups excluding tert-OH is 1. The van der Waals surface area contributed by atoms with Crippen LogP contribution in [0.15, 0.2) is 42.5 Å². The number of benzene rings is 2. The van der Waals surface area contributed by atoms with E-state index in [-0.39, 0.29) is 17.9 Å². The number of aliphatic hydroxyl groups is 1. The monoisotopic (exact) mass is 302 g/mol. The van der Waals surface area contributed by atoms with Crippen LogP contribution in [0, 0.1) is 5.82 Å². The molecule has 0 bridgehead atoms. The molecule has 114 valence electrons. The summed E-state index contributed by atoms with van der Waals surface area (Å²) in [6.07, 6.45) is 0. The molecule has 2 aromatic rings. The molecular formula is C16H15FN2O3. The third-order valence-electron chi connectivity index (χ3n) is 2.91. The molecule has 0 fully saturated rings. The van der Waals surface area contributed by atoms with Gasteiger partial charge in [0.15, 0.2) is 0 Å². The van der Waals surface area contributed by atoms with E-state index in [1.807, 2.05) is 0 Å². The average molecular weight is 302 g/mol. The lowest BCUT2D eigenvalue weighted by atomic mass is 10.1. The predicted octanol–water partition coefficient (Wildman–Crippen LogP) is 2.53. The number of anilines is 2. The van der Waals surface area contributed by atoms with E-state index in [4.69, 9.17) is 5.11 Å². The third kappa shape index (κ3) is 3.89. The number of hydrogen-bond acceptors (Lipinski definition) is 3. The van der Waals surface area contributed by atoms with Crippen LogP contribution in [0.1, 0.15) is 22.8 Å². The first-order chi connectivity index (χ1) is 10.5. The molecule has 3 N–H and O–H groups in total. The van der Waals surface area contributed by atoms with Crippen molar-refractivity contribution >= 4 is 23.2 Å². The van der Waals surface area contributed by atoms with Gasteiger partial charge in [-0.3, -0.25) is 9.59 Å². The molecule has 0 radical (unpaired) electrons. The Morgan fingerprint density at radius 3 is 2.59 bits per heavy atom. The minimum atomic E-state index is -0.617. The van der Waals surface area contributed by atoms with Crippen molar-refractivity contribution in [1.29, 1.82) is 0 Å². The first-order valence-corrected chi connectivity index (χ1v) is 6.58. The number of carbonyl (C=O) groups is 2. The summed E-state index contributed by atoms with van der Waals surface area (Å²) in [6.45, 7) is 1.12. The summed E-state index contributed by atoms with van der Waals surface area (Å²) >= 11 is 0. The molecule has 0 heterocycles. The summed E-state index contributed by atoms with van der Waals surface area (Å²) in [4.78, 5) is 23.2. The van der Waals surface area contributed by atoms with Crippen LogP contribution in [0.5, 0.6) is 0 Å². The van der Waals surface area contributed by atoms with E-state index in [9.17, 15) is 14.0 Å². The Morgan fingerprint density at radius 2 is 1.91 bits per heavy atom. The van der Waals surface area contributed by atoms with Crippen molar-refractivity contribution < 1.29 is 19.1 Å². The highest BCUT2D eigenvalue weighted by Crippen LogP contribution is 2.18. The van der Waals surface area contributed by atoms with Crippen LogP contribution in [-0.4, -0.2) is 16.9 Å². The maximum Gasteiger partial charge on any atom is 0.255 e. The molecule has 0 saturated heterocycles. The van der Waals surface area contributed by atoms with Gasteiger partial charge in [-0.1, -0.05) is 12.1 Å². The van der Waals surface area contributed by atoms with E-state index in [1.165, 1.54) is 19.1 Å². The van der Waals surface area contributed by atoms with Crippen molar-refractivity contribution in [2.45, 2.75) is 13.5 Å². The van der Waals surface area contributed by atoms with E-state index in [2.05, 4.69) is 10.6 Å². The topological polar surface area (TPSA) is 78.4 Å². The van der Waals surface area contributed by atoms with Crippen molar-refractivity contribution in [3.05, 3.63) is 59.4 Å². The van der Waals surface area contributed by atoms with Crippen LogP contribution in [0.2, 0.25) is 0 Å². The highest BCUT2D eigenvalue weighted by Gasteiger charge is 2.11. The molecule has 0 aliphatic rings. The number of halogens is 1. The Balaban J connectivity index is 2.20. The summed E-state index contributed by atoms with van der Waals surface area (Å²) < 4.78 is 13.5. The predicted molar refractivity (Wildman–Crippen MR) is 81.0 cm³/mol. The number of carbonyl (C=O) groups excluding carboxylic acids is 2. The molecule has 0 spiro atoms. The molecule has 0 unspecified atom stereocenters. The van der Waals surface area contributed by atoms with Crippen LogP contribution in [0.4, 0.5) is 15.8 Å². The molecule has 0 aromatic heterocycles. The average Bonchev–Trinajstić information content (AvgIpc) is 2.49. The van der Waals surface area contributed by atoms with Gasteiger partial charge in [-0.25, -0.2) is 4.39 Å². The summed E-state index contributed by atoms with van der Waals surface area (Å²) in [5.74, 6) is -1.48. The fraction of sp³-hybridized carbons (Fsp3) is 0.125. The van der Waals surface area contributed by atoms with E-state index >= 15 is 0 Å². The molecule has 0 saturated carbocycles. The normalized spacial score (nSPS) is 10.1. The van der Waals surface area contributed by atoms with Gasteiger partial charge in [-0.05, 0) is 35.9 Å². The minimum absolute atomic E-state index is 0.0516. The van der Waals surface area contributed by atoms with Gasteiger partial charge in [-0.15, -0.1) is 0 Å². The lowest BCUT2D eigenvalue weighted by Crippen LogP contribution is -2.14. The maximum atomic E-state index is 13.5. The van der Waals surface area contributed by atoms with Crippen LogP contribution >= 0.6 is 0 Å². The fourth-order valence-corrected chi connectivity index (χ4v) is 1.90. The second-order valence-corrected chi connectivity index (χ2v) is 4.69. The highest BCUT2D eigenvalue weighted by molar-refractivity contribution is 6.05. The van der Waals surface area contributed by atoms with E-state index in [0.717, 1.165) is 6.07 Å². The third-order valence-corrected chi connectivity index (χ3v) is 2.91. The first kappa shape index (κ1) is 15.7. The zero-order chi connectivity index (χ0) is 16.1. The highest BCUT2D eigenvalue weighted by atomic mass is 19.1. The van der Waals surface area contributed by atoms with Crippen LogP contribution in [-0.2, 0) is 11.4 Å².